The molecule has 4 aromatic rings. The Morgan fingerprint density at radius 2 is 0.977 bits per heavy atom. The van der Waals surface area contributed by atoms with Crippen LogP contribution in [-0.2, 0) is 46.9 Å². The van der Waals surface area contributed by atoms with Gasteiger partial charge in [-0.05, 0) is 0 Å². The van der Waals surface area contributed by atoms with E-state index in [4.69, 9.17) is 8.83 Å². The fourth-order valence-electron chi connectivity index (χ4n) is 6.51. The third-order valence-corrected chi connectivity index (χ3v) is 13.4. The molecule has 0 spiro atoms. The van der Waals surface area contributed by atoms with Gasteiger partial charge in [0.25, 0.3) is 0 Å². The molecule has 43 heavy (non-hydrogen) atoms. The number of aryl methyl sites for hydroxylation is 2. The molecule has 2 aromatic carbocycles. The molecule has 0 N–H and O–H groups in total. The van der Waals surface area contributed by atoms with Gasteiger partial charge in [0.1, 0.15) is 0 Å². The van der Waals surface area contributed by atoms with Crippen molar-refractivity contribution in [2.24, 2.45) is 0 Å². The van der Waals surface area contributed by atoms with Gasteiger partial charge in [-0.15, -0.1) is 0 Å². The third-order valence-electron chi connectivity index (χ3n) is 8.66. The molecule has 0 saturated carbocycles. The SMILES string of the molecule is CCc1ccc(C2=Cc3c(cccc3C(C)(C)C)[CH]2[Zr+2][CH]2C(c3ccc(CC)o3)=Cc3c2cccc3C(C)(C)C)o1.[Cl-].[Cl-]. The number of fused-ring (bicyclic) bond motifs is 2. The summed E-state index contributed by atoms with van der Waals surface area (Å²) in [5.74, 6) is 4.20. The van der Waals surface area contributed by atoms with Crippen molar-refractivity contribution < 1.29 is 56.9 Å². The van der Waals surface area contributed by atoms with Crippen LogP contribution in [0, 0.1) is 0 Å². The Labute approximate surface area is 281 Å². The summed E-state index contributed by atoms with van der Waals surface area (Å²) in [4.78, 5) is 0. The first-order chi connectivity index (χ1) is 19.5. The van der Waals surface area contributed by atoms with E-state index in [9.17, 15) is 0 Å². The summed E-state index contributed by atoms with van der Waals surface area (Å²) in [6, 6.07) is 22.7. The molecular formula is C38H42Cl2O2Zr. The van der Waals surface area contributed by atoms with Crippen LogP contribution in [0.15, 0.2) is 69.5 Å². The van der Waals surface area contributed by atoms with E-state index in [0.717, 1.165) is 35.9 Å². The van der Waals surface area contributed by atoms with E-state index in [1.54, 1.807) is 0 Å². The number of allylic oxidation sites excluding steroid dienone is 2. The molecule has 2 aliphatic carbocycles. The summed E-state index contributed by atoms with van der Waals surface area (Å²) in [5, 5.41) is 0. The molecule has 0 saturated heterocycles. The van der Waals surface area contributed by atoms with Crippen LogP contribution in [0.4, 0.5) is 0 Å². The van der Waals surface area contributed by atoms with E-state index < -0.39 is 23.2 Å². The van der Waals surface area contributed by atoms with E-state index in [1.807, 2.05) is 0 Å². The second-order valence-corrected chi connectivity index (χ2v) is 17.2. The van der Waals surface area contributed by atoms with Crippen LogP contribution in [0.5, 0.6) is 0 Å². The molecule has 2 aromatic heterocycles. The maximum Gasteiger partial charge on any atom is -1.00 e. The second kappa shape index (κ2) is 12.7. The molecule has 2 atom stereocenters. The van der Waals surface area contributed by atoms with Crippen LogP contribution in [0.3, 0.4) is 0 Å². The minimum Gasteiger partial charge on any atom is -1.00 e. The Hall–Kier alpha value is -2.06. The van der Waals surface area contributed by atoms with Crippen LogP contribution < -0.4 is 24.8 Å². The zero-order valence-corrected chi connectivity index (χ0v) is 30.5. The number of rotatable bonds is 6. The minimum absolute atomic E-state index is 0. The van der Waals surface area contributed by atoms with Gasteiger partial charge in [-0.2, -0.15) is 0 Å². The molecule has 2 unspecified atom stereocenters. The first kappa shape index (κ1) is 33.8. The quantitative estimate of drug-likeness (QED) is 0.296. The van der Waals surface area contributed by atoms with Gasteiger partial charge in [0.05, 0.1) is 0 Å². The largest absolute Gasteiger partial charge is 1.00 e. The average molecular weight is 693 g/mol. The molecule has 2 heterocycles. The van der Waals surface area contributed by atoms with Crippen LogP contribution >= 0.6 is 0 Å². The number of benzene rings is 2. The number of halogens is 2. The molecule has 5 heteroatoms. The summed E-state index contributed by atoms with van der Waals surface area (Å²) < 4.78 is 13.7. The predicted octanol–water partition coefficient (Wildman–Crippen LogP) is 4.57. The maximum atomic E-state index is 6.46. The Morgan fingerprint density at radius 1 is 0.581 bits per heavy atom. The number of hydrogen-bond donors (Lipinski definition) is 0. The fourth-order valence-corrected chi connectivity index (χ4v) is 11.4. The Morgan fingerprint density at radius 3 is 1.30 bits per heavy atom. The summed E-state index contributed by atoms with van der Waals surface area (Å²) in [6.45, 7) is 18.3. The molecule has 0 fully saturated rings. The summed E-state index contributed by atoms with van der Waals surface area (Å²) >= 11 is -1.20. The van der Waals surface area contributed by atoms with E-state index in [0.29, 0.717) is 7.25 Å². The first-order valence-corrected chi connectivity index (χ1v) is 18.0. The topological polar surface area (TPSA) is 26.3 Å². The van der Waals surface area contributed by atoms with Crippen LogP contribution in [0.25, 0.3) is 23.3 Å². The van der Waals surface area contributed by atoms with Gasteiger partial charge >= 0.3 is 259 Å². The van der Waals surface area contributed by atoms with Gasteiger partial charge in [-0.25, -0.2) is 0 Å². The zero-order valence-electron chi connectivity index (χ0n) is 26.6. The monoisotopic (exact) mass is 690 g/mol. The number of furan rings is 2. The van der Waals surface area contributed by atoms with Gasteiger partial charge in [-0.3, -0.25) is 0 Å². The first-order valence-electron chi connectivity index (χ1n) is 15.1. The smallest absolute Gasteiger partial charge is 1.00 e. The average Bonchev–Trinajstić information content (AvgIpc) is 3.72. The molecule has 6 rings (SSSR count). The second-order valence-electron chi connectivity index (χ2n) is 13.6. The molecule has 0 radical (unpaired) electrons. The van der Waals surface area contributed by atoms with Gasteiger partial charge in [0.2, 0.25) is 0 Å². The van der Waals surface area contributed by atoms with Gasteiger partial charge in [0.15, 0.2) is 0 Å². The van der Waals surface area contributed by atoms with Crippen LogP contribution in [0.1, 0.15) is 119 Å². The van der Waals surface area contributed by atoms with Gasteiger partial charge in [0, 0.05) is 0 Å². The zero-order chi connectivity index (χ0) is 29.1. The van der Waals surface area contributed by atoms with Crippen molar-refractivity contribution in [1.29, 1.82) is 0 Å². The van der Waals surface area contributed by atoms with Gasteiger partial charge < -0.3 is 24.8 Å². The third kappa shape index (κ3) is 6.25. The Bertz CT molecular complexity index is 1550. The molecular weight excluding hydrogens is 651 g/mol. The van der Waals surface area contributed by atoms with Crippen molar-refractivity contribution >= 4 is 23.3 Å². The fraction of sp³-hybridized carbons (Fsp3) is 0.368. The van der Waals surface area contributed by atoms with E-state index >= 15 is 0 Å². The minimum atomic E-state index is -1.20. The Balaban J connectivity index is 0.00000212. The van der Waals surface area contributed by atoms with Crippen LogP contribution in [-0.4, -0.2) is 0 Å². The molecule has 0 amide bonds. The van der Waals surface area contributed by atoms with E-state index in [-0.39, 0.29) is 35.6 Å². The molecule has 224 valence electrons. The standard InChI is InChI=1S/2C19H21O.2ClH.Zr/c2*1-5-15-9-10-18(20-15)14-11-13-7-6-8-17(16(13)12-14)19(2,3)4;;;/h2*6-12H,5H2,1-4H3;2*1H;/q;;;;+2/p-2. The van der Waals surface area contributed by atoms with Crippen molar-refractivity contribution in [3.05, 3.63) is 117 Å². The summed E-state index contributed by atoms with van der Waals surface area (Å²) in [5.41, 5.74) is 11.5. The van der Waals surface area contributed by atoms with E-state index in [2.05, 4.69) is 128 Å². The summed E-state index contributed by atoms with van der Waals surface area (Å²) in [7, 11) is 0. The molecule has 0 bridgehead atoms. The van der Waals surface area contributed by atoms with Crippen molar-refractivity contribution in [3.63, 3.8) is 0 Å². The maximum absolute atomic E-state index is 6.46. The normalized spacial score (nSPS) is 17.3. The van der Waals surface area contributed by atoms with Crippen molar-refractivity contribution in [2.45, 2.75) is 86.3 Å². The number of hydrogen-bond acceptors (Lipinski definition) is 2. The molecule has 0 aliphatic heterocycles. The van der Waals surface area contributed by atoms with Crippen LogP contribution in [0.2, 0.25) is 0 Å². The van der Waals surface area contributed by atoms with Gasteiger partial charge in [-0.1, -0.05) is 0 Å². The molecule has 2 nitrogen and oxygen atoms in total. The molecule has 2 aliphatic rings. The van der Waals surface area contributed by atoms with Crippen molar-refractivity contribution in [2.75, 3.05) is 0 Å². The van der Waals surface area contributed by atoms with Crippen molar-refractivity contribution in [1.82, 2.24) is 0 Å². The Kier molecular flexibility index (Phi) is 10.0. The van der Waals surface area contributed by atoms with Crippen molar-refractivity contribution in [3.8, 4) is 0 Å². The van der Waals surface area contributed by atoms with E-state index in [1.165, 1.54) is 44.5 Å². The predicted molar refractivity (Wildman–Crippen MR) is 168 cm³/mol. The summed E-state index contributed by atoms with van der Waals surface area (Å²) in [6.07, 6.45) is 6.75.